The molecule has 0 radical (unpaired) electrons. The van der Waals surface area contributed by atoms with Crippen LogP contribution in [0, 0.1) is 13.8 Å². The Kier molecular flexibility index (Phi) is 3.08. The van der Waals surface area contributed by atoms with E-state index in [9.17, 15) is 4.79 Å². The predicted molar refractivity (Wildman–Crippen MR) is 62.0 cm³/mol. The highest BCUT2D eigenvalue weighted by Gasteiger charge is 2.12. The van der Waals surface area contributed by atoms with Gasteiger partial charge < -0.3 is 4.52 Å². The summed E-state index contributed by atoms with van der Waals surface area (Å²) < 4.78 is 6.92. The van der Waals surface area contributed by atoms with Gasteiger partial charge in [0.05, 0.1) is 17.5 Å². The normalized spacial score (nSPS) is 10.8. The van der Waals surface area contributed by atoms with Crippen LogP contribution in [0.5, 0.6) is 0 Å². The van der Waals surface area contributed by atoms with Gasteiger partial charge in [-0.3, -0.25) is 9.48 Å². The van der Waals surface area contributed by atoms with Crippen LogP contribution in [0.3, 0.4) is 0 Å². The van der Waals surface area contributed by atoms with Crippen LogP contribution >= 0.6 is 0 Å². The first kappa shape index (κ1) is 11.6. The molecule has 2 rings (SSSR count). The molecule has 0 unspecified atom stereocenters. The fourth-order valence-electron chi connectivity index (χ4n) is 1.98. The number of hydrogen-bond donors (Lipinski definition) is 0. The highest BCUT2D eigenvalue weighted by Crippen LogP contribution is 2.16. The van der Waals surface area contributed by atoms with Crippen LogP contribution in [-0.2, 0) is 19.9 Å². The highest BCUT2D eigenvalue weighted by atomic mass is 16.5. The van der Waals surface area contributed by atoms with Crippen molar-refractivity contribution in [3.8, 4) is 0 Å². The average Bonchev–Trinajstić information content (AvgIpc) is 2.84. The van der Waals surface area contributed by atoms with Crippen molar-refractivity contribution in [2.45, 2.75) is 26.7 Å². The lowest BCUT2D eigenvalue weighted by molar-refractivity contribution is 0.112. The Labute approximate surface area is 99.4 Å². The number of rotatable bonds is 4. The number of aldehydes is 1. The van der Waals surface area contributed by atoms with E-state index in [-0.39, 0.29) is 0 Å². The standard InChI is InChI=1S/C12H15N3O2/c1-8-11(9(2)15(3)14-8)4-5-12-10(7-16)6-13-17-12/h6-7H,4-5H2,1-3H3. The minimum absolute atomic E-state index is 0.532. The van der Waals surface area contributed by atoms with Crippen LogP contribution in [0.2, 0.25) is 0 Å². The van der Waals surface area contributed by atoms with E-state index < -0.39 is 0 Å². The van der Waals surface area contributed by atoms with Gasteiger partial charge in [0.1, 0.15) is 5.76 Å². The zero-order chi connectivity index (χ0) is 12.4. The largest absolute Gasteiger partial charge is 0.361 e. The van der Waals surface area contributed by atoms with Gasteiger partial charge in [0.2, 0.25) is 0 Å². The number of hydrogen-bond acceptors (Lipinski definition) is 4. The van der Waals surface area contributed by atoms with E-state index >= 15 is 0 Å². The summed E-state index contributed by atoms with van der Waals surface area (Å²) in [5.41, 5.74) is 3.91. The third kappa shape index (κ3) is 2.13. The first-order valence-electron chi connectivity index (χ1n) is 5.51. The van der Waals surface area contributed by atoms with Gasteiger partial charge in [-0.05, 0) is 25.8 Å². The molecular formula is C12H15N3O2. The fraction of sp³-hybridized carbons (Fsp3) is 0.417. The van der Waals surface area contributed by atoms with Crippen LogP contribution in [0.4, 0.5) is 0 Å². The van der Waals surface area contributed by atoms with Gasteiger partial charge >= 0.3 is 0 Å². The maximum Gasteiger partial charge on any atom is 0.155 e. The smallest absolute Gasteiger partial charge is 0.155 e. The Morgan fingerprint density at radius 3 is 2.76 bits per heavy atom. The minimum atomic E-state index is 0.532. The second-order valence-corrected chi connectivity index (χ2v) is 4.10. The summed E-state index contributed by atoms with van der Waals surface area (Å²) in [6, 6.07) is 0. The number of carbonyl (C=O) groups is 1. The van der Waals surface area contributed by atoms with Gasteiger partial charge in [0, 0.05) is 19.2 Å². The molecule has 2 heterocycles. The monoisotopic (exact) mass is 233 g/mol. The lowest BCUT2D eigenvalue weighted by Gasteiger charge is -2.00. The number of aromatic nitrogens is 3. The average molecular weight is 233 g/mol. The second kappa shape index (κ2) is 4.53. The molecule has 0 saturated carbocycles. The van der Waals surface area contributed by atoms with Gasteiger partial charge in [-0.25, -0.2) is 0 Å². The molecule has 90 valence electrons. The SMILES string of the molecule is Cc1nn(C)c(C)c1CCc1oncc1C=O. The van der Waals surface area contributed by atoms with Gasteiger partial charge in [0.15, 0.2) is 6.29 Å². The van der Waals surface area contributed by atoms with Gasteiger partial charge in [0.25, 0.3) is 0 Å². The molecule has 0 aliphatic heterocycles. The molecule has 0 N–H and O–H groups in total. The Bertz CT molecular complexity index is 540. The fourth-order valence-corrected chi connectivity index (χ4v) is 1.98. The molecule has 17 heavy (non-hydrogen) atoms. The van der Waals surface area contributed by atoms with E-state index in [4.69, 9.17) is 4.52 Å². The summed E-state index contributed by atoms with van der Waals surface area (Å²) >= 11 is 0. The summed E-state index contributed by atoms with van der Waals surface area (Å²) in [4.78, 5) is 10.7. The molecule has 0 amide bonds. The maximum atomic E-state index is 10.7. The van der Waals surface area contributed by atoms with E-state index in [1.807, 2.05) is 25.6 Å². The molecule has 0 aliphatic carbocycles. The van der Waals surface area contributed by atoms with E-state index in [0.29, 0.717) is 17.7 Å². The lowest BCUT2D eigenvalue weighted by Crippen LogP contribution is -1.97. The summed E-state index contributed by atoms with van der Waals surface area (Å²) in [5.74, 6) is 0.641. The van der Waals surface area contributed by atoms with Crippen molar-refractivity contribution in [3.63, 3.8) is 0 Å². The Morgan fingerprint density at radius 1 is 1.41 bits per heavy atom. The van der Waals surface area contributed by atoms with Crippen molar-refractivity contribution in [2.75, 3.05) is 0 Å². The molecule has 2 aromatic rings. The Balaban J connectivity index is 2.15. The number of nitrogens with zero attached hydrogens (tertiary/aromatic N) is 3. The topological polar surface area (TPSA) is 60.9 Å². The van der Waals surface area contributed by atoms with Crippen LogP contribution in [0.1, 0.15) is 33.1 Å². The molecule has 0 aromatic carbocycles. The zero-order valence-electron chi connectivity index (χ0n) is 10.2. The van der Waals surface area contributed by atoms with Crippen molar-refractivity contribution in [1.82, 2.24) is 14.9 Å². The zero-order valence-corrected chi connectivity index (χ0v) is 10.2. The van der Waals surface area contributed by atoms with Crippen molar-refractivity contribution in [1.29, 1.82) is 0 Å². The van der Waals surface area contributed by atoms with Crippen LogP contribution in [-0.4, -0.2) is 21.2 Å². The van der Waals surface area contributed by atoms with Gasteiger partial charge in [-0.2, -0.15) is 5.10 Å². The summed E-state index contributed by atoms with van der Waals surface area (Å²) in [6.45, 7) is 4.03. The Morgan fingerprint density at radius 2 is 2.18 bits per heavy atom. The number of carbonyl (C=O) groups excluding carboxylic acids is 1. The predicted octanol–water partition coefficient (Wildman–Crippen LogP) is 1.62. The third-order valence-corrected chi connectivity index (χ3v) is 3.06. The quantitative estimate of drug-likeness (QED) is 0.753. The van der Waals surface area contributed by atoms with Crippen LogP contribution in [0.15, 0.2) is 10.7 Å². The molecule has 0 bridgehead atoms. The first-order valence-corrected chi connectivity index (χ1v) is 5.51. The molecule has 0 saturated heterocycles. The minimum Gasteiger partial charge on any atom is -0.361 e. The van der Waals surface area contributed by atoms with Crippen molar-refractivity contribution < 1.29 is 9.32 Å². The van der Waals surface area contributed by atoms with Crippen LogP contribution < -0.4 is 0 Å². The molecule has 2 aromatic heterocycles. The van der Waals surface area contributed by atoms with Crippen molar-refractivity contribution in [2.24, 2.45) is 7.05 Å². The molecule has 0 aliphatic rings. The Hall–Kier alpha value is -1.91. The second-order valence-electron chi connectivity index (χ2n) is 4.10. The summed E-state index contributed by atoms with van der Waals surface area (Å²) in [7, 11) is 1.93. The molecule has 5 nitrogen and oxygen atoms in total. The molecule has 0 spiro atoms. The maximum absolute atomic E-state index is 10.7. The summed E-state index contributed by atoms with van der Waals surface area (Å²) in [5, 5.41) is 7.98. The summed E-state index contributed by atoms with van der Waals surface area (Å²) in [6.07, 6.45) is 3.70. The van der Waals surface area contributed by atoms with Crippen molar-refractivity contribution >= 4 is 6.29 Å². The van der Waals surface area contributed by atoms with Gasteiger partial charge in [-0.1, -0.05) is 5.16 Å². The number of aryl methyl sites for hydroxylation is 3. The van der Waals surface area contributed by atoms with E-state index in [0.717, 1.165) is 24.1 Å². The molecular weight excluding hydrogens is 218 g/mol. The molecule has 0 fully saturated rings. The van der Waals surface area contributed by atoms with E-state index in [1.165, 1.54) is 11.8 Å². The highest BCUT2D eigenvalue weighted by molar-refractivity contribution is 5.75. The van der Waals surface area contributed by atoms with Crippen LogP contribution in [0.25, 0.3) is 0 Å². The lowest BCUT2D eigenvalue weighted by atomic mass is 10.1. The molecule has 5 heteroatoms. The van der Waals surface area contributed by atoms with Crippen molar-refractivity contribution in [3.05, 3.63) is 34.5 Å². The first-order chi connectivity index (χ1) is 8.13. The van der Waals surface area contributed by atoms with E-state index in [1.54, 1.807) is 0 Å². The third-order valence-electron chi connectivity index (χ3n) is 3.06. The molecule has 0 atom stereocenters. The van der Waals surface area contributed by atoms with Gasteiger partial charge in [-0.15, -0.1) is 0 Å². The van der Waals surface area contributed by atoms with E-state index in [2.05, 4.69) is 10.3 Å².